The lowest BCUT2D eigenvalue weighted by molar-refractivity contribution is -0.604. The maximum Gasteiger partial charge on any atom is 0.265 e. The van der Waals surface area contributed by atoms with Gasteiger partial charge in [-0.3, -0.25) is 9.59 Å². The third-order valence-corrected chi connectivity index (χ3v) is 5.78. The maximum atomic E-state index is 12.8. The highest BCUT2D eigenvalue weighted by Crippen LogP contribution is 2.28. The SMILES string of the molecule is NCc1ccc(C(=O)NC2CC2)cc1NC(=O)c1ccc(-c2ccc[n+]([O-])c2)s1. The highest BCUT2D eigenvalue weighted by atomic mass is 32.1. The first-order chi connectivity index (χ1) is 14.0. The molecule has 0 atom stereocenters. The Hall–Kier alpha value is -3.23. The molecular weight excluding hydrogens is 388 g/mol. The van der Waals surface area contributed by atoms with E-state index in [2.05, 4.69) is 10.6 Å². The lowest BCUT2D eigenvalue weighted by Crippen LogP contribution is -2.25. The van der Waals surface area contributed by atoms with Crippen LogP contribution in [0.4, 0.5) is 5.69 Å². The highest BCUT2D eigenvalue weighted by molar-refractivity contribution is 7.17. The molecule has 3 aromatic rings. The summed E-state index contributed by atoms with van der Waals surface area (Å²) < 4.78 is 0.723. The molecule has 0 unspecified atom stereocenters. The number of aromatic nitrogens is 1. The van der Waals surface area contributed by atoms with E-state index >= 15 is 0 Å². The van der Waals surface area contributed by atoms with Crippen molar-refractivity contribution in [2.45, 2.75) is 25.4 Å². The molecule has 1 aromatic carbocycles. The van der Waals surface area contributed by atoms with E-state index in [0.29, 0.717) is 16.1 Å². The van der Waals surface area contributed by atoms with Crippen molar-refractivity contribution >= 4 is 28.8 Å². The smallest absolute Gasteiger partial charge is 0.265 e. The summed E-state index contributed by atoms with van der Waals surface area (Å²) in [6, 6.07) is 12.4. The topological polar surface area (TPSA) is 111 Å². The second-order valence-corrected chi connectivity index (χ2v) is 7.98. The van der Waals surface area contributed by atoms with Crippen LogP contribution in [0.5, 0.6) is 0 Å². The van der Waals surface area contributed by atoms with Gasteiger partial charge in [-0.15, -0.1) is 11.3 Å². The van der Waals surface area contributed by atoms with Crippen molar-refractivity contribution in [2.75, 3.05) is 5.32 Å². The first kappa shape index (κ1) is 19.1. The second-order valence-electron chi connectivity index (χ2n) is 6.89. The molecule has 4 rings (SSSR count). The number of benzene rings is 1. The van der Waals surface area contributed by atoms with Crippen LogP contribution < -0.4 is 21.1 Å². The Morgan fingerprint density at radius 3 is 2.72 bits per heavy atom. The third-order valence-electron chi connectivity index (χ3n) is 4.64. The lowest BCUT2D eigenvalue weighted by Gasteiger charge is -2.12. The normalized spacial score (nSPS) is 13.1. The van der Waals surface area contributed by atoms with Gasteiger partial charge in [-0.25, -0.2) is 0 Å². The first-order valence-corrected chi connectivity index (χ1v) is 10.1. The molecule has 1 saturated carbocycles. The summed E-state index contributed by atoms with van der Waals surface area (Å²) in [7, 11) is 0. The largest absolute Gasteiger partial charge is 0.619 e. The summed E-state index contributed by atoms with van der Waals surface area (Å²) in [6.45, 7) is 0.239. The van der Waals surface area contributed by atoms with Crippen LogP contribution in [0.3, 0.4) is 0 Å². The molecule has 0 spiro atoms. The quantitative estimate of drug-likeness (QED) is 0.430. The van der Waals surface area contributed by atoms with Gasteiger partial charge in [-0.05, 0) is 48.7 Å². The fourth-order valence-electron chi connectivity index (χ4n) is 2.91. The number of nitrogens with one attached hydrogen (secondary N) is 2. The molecule has 1 aliphatic carbocycles. The molecule has 148 valence electrons. The molecule has 8 heteroatoms. The van der Waals surface area contributed by atoms with Gasteiger partial charge in [0.1, 0.15) is 0 Å². The number of pyridine rings is 1. The zero-order valence-electron chi connectivity index (χ0n) is 15.6. The minimum absolute atomic E-state index is 0.153. The average molecular weight is 408 g/mol. The molecule has 0 saturated heterocycles. The van der Waals surface area contributed by atoms with Crippen LogP contribution in [0.15, 0.2) is 54.9 Å². The molecule has 0 bridgehead atoms. The Morgan fingerprint density at radius 1 is 1.17 bits per heavy atom. The predicted octanol–water partition coefficient (Wildman–Crippen LogP) is 2.65. The van der Waals surface area contributed by atoms with E-state index in [1.165, 1.54) is 23.7 Å². The van der Waals surface area contributed by atoms with Crippen LogP contribution in [-0.4, -0.2) is 17.9 Å². The van der Waals surface area contributed by atoms with E-state index < -0.39 is 0 Å². The third kappa shape index (κ3) is 4.44. The number of carbonyl (C=O) groups is 2. The van der Waals surface area contributed by atoms with E-state index in [0.717, 1.165) is 33.6 Å². The molecule has 0 radical (unpaired) electrons. The van der Waals surface area contributed by atoms with Crippen LogP contribution in [0, 0.1) is 5.21 Å². The standard InChI is InChI=1S/C21H20N4O3S/c22-11-14-4-3-13(20(26)23-16-5-6-16)10-17(14)24-21(27)19-8-7-18(29-19)15-2-1-9-25(28)12-15/h1-4,7-10,12,16H,5-6,11,22H2,(H,23,26)(H,24,27). The molecule has 1 aliphatic rings. The van der Waals surface area contributed by atoms with Crippen molar-refractivity contribution in [1.82, 2.24) is 5.32 Å². The van der Waals surface area contributed by atoms with Crippen molar-refractivity contribution < 1.29 is 14.3 Å². The Labute approximate surface area is 171 Å². The van der Waals surface area contributed by atoms with Crippen molar-refractivity contribution in [3.63, 3.8) is 0 Å². The van der Waals surface area contributed by atoms with E-state index in [9.17, 15) is 14.8 Å². The molecule has 4 N–H and O–H groups in total. The number of carbonyl (C=O) groups excluding carboxylic acids is 2. The van der Waals surface area contributed by atoms with Gasteiger partial charge in [0, 0.05) is 34.8 Å². The lowest BCUT2D eigenvalue weighted by atomic mass is 10.1. The predicted molar refractivity (Wildman–Crippen MR) is 111 cm³/mol. The maximum absolute atomic E-state index is 12.8. The van der Waals surface area contributed by atoms with Crippen LogP contribution in [0.25, 0.3) is 10.4 Å². The Kier molecular flexibility index (Phi) is 5.28. The number of hydrogen-bond donors (Lipinski definition) is 3. The molecule has 29 heavy (non-hydrogen) atoms. The first-order valence-electron chi connectivity index (χ1n) is 9.28. The van der Waals surface area contributed by atoms with Gasteiger partial charge in [0.05, 0.1) is 10.4 Å². The minimum Gasteiger partial charge on any atom is -0.619 e. The summed E-state index contributed by atoms with van der Waals surface area (Å²) in [5.41, 5.74) is 8.29. The van der Waals surface area contributed by atoms with E-state index in [1.807, 2.05) is 6.07 Å². The molecule has 0 aliphatic heterocycles. The van der Waals surface area contributed by atoms with Crippen molar-refractivity contribution in [1.29, 1.82) is 0 Å². The van der Waals surface area contributed by atoms with Crippen molar-refractivity contribution in [2.24, 2.45) is 5.73 Å². The zero-order valence-corrected chi connectivity index (χ0v) is 16.4. The van der Waals surface area contributed by atoms with Gasteiger partial charge in [-0.2, -0.15) is 4.73 Å². The summed E-state index contributed by atoms with van der Waals surface area (Å²) in [6.07, 6.45) is 4.88. The van der Waals surface area contributed by atoms with Crippen LogP contribution in [0.1, 0.15) is 38.4 Å². The summed E-state index contributed by atoms with van der Waals surface area (Å²) in [5.74, 6) is -0.443. The fourth-order valence-corrected chi connectivity index (χ4v) is 3.80. The van der Waals surface area contributed by atoms with Gasteiger partial charge in [0.15, 0.2) is 12.4 Å². The minimum atomic E-state index is -0.290. The van der Waals surface area contributed by atoms with Gasteiger partial charge >= 0.3 is 0 Å². The number of thiophene rings is 1. The molecular formula is C21H20N4O3S. The average Bonchev–Trinajstić information content (AvgIpc) is 3.39. The van der Waals surface area contributed by atoms with Crippen molar-refractivity contribution in [3.05, 3.63) is 76.1 Å². The monoisotopic (exact) mass is 408 g/mol. The molecule has 1 fully saturated rings. The van der Waals surface area contributed by atoms with Gasteiger partial charge in [0.25, 0.3) is 11.8 Å². The van der Waals surface area contributed by atoms with E-state index in [1.54, 1.807) is 36.4 Å². The van der Waals surface area contributed by atoms with Gasteiger partial charge in [-0.1, -0.05) is 6.07 Å². The number of nitrogens with two attached hydrogens (primary N) is 1. The number of rotatable bonds is 6. The van der Waals surface area contributed by atoms with Crippen LogP contribution in [0.2, 0.25) is 0 Å². The van der Waals surface area contributed by atoms with Crippen LogP contribution in [-0.2, 0) is 6.54 Å². The van der Waals surface area contributed by atoms with Crippen LogP contribution >= 0.6 is 11.3 Å². The molecule has 7 nitrogen and oxygen atoms in total. The van der Waals surface area contributed by atoms with E-state index in [4.69, 9.17) is 5.73 Å². The number of anilines is 1. The zero-order chi connectivity index (χ0) is 20.4. The Balaban J connectivity index is 1.53. The molecule has 2 aromatic heterocycles. The van der Waals surface area contributed by atoms with Gasteiger partial charge in [0.2, 0.25) is 0 Å². The second kappa shape index (κ2) is 8.02. The number of amides is 2. The fraction of sp³-hybridized carbons (Fsp3) is 0.190. The van der Waals surface area contributed by atoms with Crippen molar-refractivity contribution in [3.8, 4) is 10.4 Å². The molecule has 2 amide bonds. The Morgan fingerprint density at radius 2 is 2.00 bits per heavy atom. The highest BCUT2D eigenvalue weighted by Gasteiger charge is 2.24. The Bertz CT molecular complexity index is 1080. The number of nitrogens with zero attached hydrogens (tertiary/aromatic N) is 1. The summed E-state index contributed by atoms with van der Waals surface area (Å²) >= 11 is 1.29. The van der Waals surface area contributed by atoms with Gasteiger partial charge < -0.3 is 21.6 Å². The molecule has 2 heterocycles. The summed E-state index contributed by atoms with van der Waals surface area (Å²) in [4.78, 5) is 26.4. The number of hydrogen-bond acceptors (Lipinski definition) is 5. The summed E-state index contributed by atoms with van der Waals surface area (Å²) in [5, 5.41) is 17.3. The van der Waals surface area contributed by atoms with E-state index in [-0.39, 0.29) is 24.4 Å².